The summed E-state index contributed by atoms with van der Waals surface area (Å²) in [5, 5.41) is 0.460. The van der Waals surface area contributed by atoms with Crippen molar-refractivity contribution in [2.45, 2.75) is 19.9 Å². The Kier molecular flexibility index (Phi) is 6.04. The highest BCUT2D eigenvalue weighted by Crippen LogP contribution is 2.37. The molecule has 0 radical (unpaired) electrons. The van der Waals surface area contributed by atoms with E-state index in [2.05, 4.69) is 4.99 Å². The van der Waals surface area contributed by atoms with Crippen molar-refractivity contribution in [2.24, 2.45) is 4.99 Å². The van der Waals surface area contributed by atoms with E-state index >= 15 is 0 Å². The highest BCUT2D eigenvalue weighted by atomic mass is 35.5. The molecule has 0 amide bonds. The second-order valence-corrected chi connectivity index (χ2v) is 8.82. The molecular weight excluding hydrogens is 448 g/mol. The van der Waals surface area contributed by atoms with E-state index in [-0.39, 0.29) is 11.1 Å². The Balaban J connectivity index is 2.02. The van der Waals surface area contributed by atoms with Crippen molar-refractivity contribution in [2.75, 3.05) is 14.2 Å². The Hall–Kier alpha value is -3.16. The number of aromatic nitrogens is 1. The highest BCUT2D eigenvalue weighted by molar-refractivity contribution is 7.07. The molecule has 0 bridgehead atoms. The average molecular weight is 469 g/mol. The fourth-order valence-electron chi connectivity index (χ4n) is 3.72. The van der Waals surface area contributed by atoms with Crippen molar-refractivity contribution in [1.29, 1.82) is 0 Å². The van der Waals surface area contributed by atoms with Gasteiger partial charge in [0.1, 0.15) is 11.8 Å². The molecule has 0 spiro atoms. The third-order valence-corrected chi connectivity index (χ3v) is 6.51. The van der Waals surface area contributed by atoms with E-state index in [0.29, 0.717) is 31.4 Å². The van der Waals surface area contributed by atoms with Gasteiger partial charge in [0.2, 0.25) is 0 Å². The molecule has 1 aliphatic rings. The van der Waals surface area contributed by atoms with Gasteiger partial charge >= 0.3 is 5.97 Å². The zero-order valence-corrected chi connectivity index (χ0v) is 19.6. The van der Waals surface area contributed by atoms with Gasteiger partial charge in [0, 0.05) is 10.6 Å². The molecule has 8 heteroatoms. The van der Waals surface area contributed by atoms with Crippen LogP contribution in [0.25, 0.3) is 6.08 Å². The lowest BCUT2D eigenvalue weighted by molar-refractivity contribution is -0.136. The van der Waals surface area contributed by atoms with E-state index in [0.717, 1.165) is 11.1 Å². The molecule has 4 rings (SSSR count). The first-order valence-electron chi connectivity index (χ1n) is 9.85. The molecule has 0 aliphatic carbocycles. The van der Waals surface area contributed by atoms with Crippen LogP contribution in [0.15, 0.2) is 63.5 Å². The van der Waals surface area contributed by atoms with Gasteiger partial charge in [-0.25, -0.2) is 9.79 Å². The summed E-state index contributed by atoms with van der Waals surface area (Å²) in [5.41, 5.74) is 3.11. The fraction of sp³-hybridized carbons (Fsp3) is 0.208. The van der Waals surface area contributed by atoms with Gasteiger partial charge in [-0.05, 0) is 43.7 Å². The van der Waals surface area contributed by atoms with Gasteiger partial charge in [-0.2, -0.15) is 0 Å². The van der Waals surface area contributed by atoms with Crippen LogP contribution in [-0.4, -0.2) is 24.8 Å². The van der Waals surface area contributed by atoms with Gasteiger partial charge in [0.25, 0.3) is 5.56 Å². The van der Waals surface area contributed by atoms with Crippen LogP contribution in [0.5, 0.6) is 5.75 Å². The zero-order valence-electron chi connectivity index (χ0n) is 18.0. The Bertz CT molecular complexity index is 1420. The second kappa shape index (κ2) is 8.76. The van der Waals surface area contributed by atoms with Crippen LogP contribution in [0.2, 0.25) is 5.02 Å². The van der Waals surface area contributed by atoms with Crippen LogP contribution in [0, 0.1) is 6.92 Å². The summed E-state index contributed by atoms with van der Waals surface area (Å²) in [6.07, 6.45) is 1.83. The van der Waals surface area contributed by atoms with Crippen LogP contribution in [0.3, 0.4) is 0 Å². The maximum Gasteiger partial charge on any atom is 0.338 e. The summed E-state index contributed by atoms with van der Waals surface area (Å²) in [4.78, 5) is 31.4. The molecule has 1 aromatic heterocycles. The van der Waals surface area contributed by atoms with E-state index in [9.17, 15) is 9.59 Å². The van der Waals surface area contributed by atoms with Gasteiger partial charge in [-0.3, -0.25) is 9.36 Å². The minimum Gasteiger partial charge on any atom is -0.496 e. The number of hydrogen-bond acceptors (Lipinski definition) is 6. The number of aryl methyl sites for hydroxylation is 1. The summed E-state index contributed by atoms with van der Waals surface area (Å²) >= 11 is 7.55. The molecule has 2 heterocycles. The van der Waals surface area contributed by atoms with Crippen molar-refractivity contribution >= 4 is 35.0 Å². The van der Waals surface area contributed by atoms with Crippen molar-refractivity contribution in [3.05, 3.63) is 95.1 Å². The summed E-state index contributed by atoms with van der Waals surface area (Å²) in [6, 6.07) is 12.2. The van der Waals surface area contributed by atoms with Gasteiger partial charge in [-0.1, -0.05) is 52.8 Å². The highest BCUT2D eigenvalue weighted by Gasteiger charge is 2.35. The third kappa shape index (κ3) is 3.89. The largest absolute Gasteiger partial charge is 0.496 e. The van der Waals surface area contributed by atoms with Gasteiger partial charge < -0.3 is 9.47 Å². The van der Waals surface area contributed by atoms with Gasteiger partial charge in [0.15, 0.2) is 4.80 Å². The van der Waals surface area contributed by atoms with E-state index < -0.39 is 12.0 Å². The fourth-order valence-corrected chi connectivity index (χ4v) is 4.95. The number of hydrogen-bond donors (Lipinski definition) is 0. The van der Waals surface area contributed by atoms with Crippen molar-refractivity contribution in [3.8, 4) is 5.75 Å². The molecular formula is C24H21ClN2O4S. The molecule has 2 aromatic carbocycles. The van der Waals surface area contributed by atoms with Crippen LogP contribution in [0.1, 0.15) is 29.7 Å². The number of ether oxygens (including phenoxy) is 2. The van der Waals surface area contributed by atoms with E-state index in [1.54, 1.807) is 25.1 Å². The molecule has 6 nitrogen and oxygen atoms in total. The van der Waals surface area contributed by atoms with Crippen LogP contribution >= 0.6 is 22.9 Å². The Morgan fingerprint density at radius 1 is 1.16 bits per heavy atom. The molecule has 0 fully saturated rings. The maximum atomic E-state index is 13.5. The minimum atomic E-state index is -0.785. The summed E-state index contributed by atoms with van der Waals surface area (Å²) in [7, 11) is 2.83. The molecule has 0 unspecified atom stereocenters. The Morgan fingerprint density at radius 2 is 1.88 bits per heavy atom. The predicted octanol–water partition coefficient (Wildman–Crippen LogP) is 3.38. The summed E-state index contributed by atoms with van der Waals surface area (Å²) < 4.78 is 12.6. The van der Waals surface area contributed by atoms with Gasteiger partial charge in [0.05, 0.1) is 30.0 Å². The van der Waals surface area contributed by atoms with Crippen molar-refractivity contribution < 1.29 is 14.3 Å². The smallest absolute Gasteiger partial charge is 0.338 e. The lowest BCUT2D eigenvalue weighted by Crippen LogP contribution is -2.40. The first-order chi connectivity index (χ1) is 15.3. The minimum absolute atomic E-state index is 0.254. The number of methoxy groups -OCH3 is 2. The number of thiazole rings is 1. The molecule has 0 N–H and O–H groups in total. The number of nitrogens with zero attached hydrogens (tertiary/aromatic N) is 2. The number of benzene rings is 2. The topological polar surface area (TPSA) is 69.9 Å². The van der Waals surface area contributed by atoms with E-state index in [4.69, 9.17) is 21.1 Å². The summed E-state index contributed by atoms with van der Waals surface area (Å²) in [5.74, 6) is -0.0605. The van der Waals surface area contributed by atoms with Crippen LogP contribution in [-0.2, 0) is 9.53 Å². The molecule has 164 valence electrons. The standard InChI is InChI=1S/C24H21ClN2O4S/c1-13-5-7-15(8-6-13)11-19-22(28)27-21(17-12-16(25)9-10-18(17)30-3)20(23(29)31-4)14(2)26-24(27)32-19/h5-12,21H,1-4H3/b19-11-/t21-/m0/s1. The van der Waals surface area contributed by atoms with Crippen molar-refractivity contribution in [3.63, 3.8) is 0 Å². The number of fused-ring (bicyclic) bond motifs is 1. The quantitative estimate of drug-likeness (QED) is 0.550. The zero-order chi connectivity index (χ0) is 23.0. The second-order valence-electron chi connectivity index (χ2n) is 7.37. The van der Waals surface area contributed by atoms with Gasteiger partial charge in [-0.15, -0.1) is 0 Å². The normalized spacial score (nSPS) is 15.9. The Labute approximate surface area is 193 Å². The number of halogens is 1. The average Bonchev–Trinajstić information content (AvgIpc) is 3.08. The van der Waals surface area contributed by atoms with E-state index in [1.165, 1.54) is 30.1 Å². The van der Waals surface area contributed by atoms with Crippen LogP contribution in [0.4, 0.5) is 0 Å². The monoisotopic (exact) mass is 468 g/mol. The lowest BCUT2D eigenvalue weighted by Gasteiger charge is -2.25. The number of esters is 1. The maximum absolute atomic E-state index is 13.5. The number of rotatable bonds is 4. The van der Waals surface area contributed by atoms with Crippen LogP contribution < -0.4 is 19.6 Å². The van der Waals surface area contributed by atoms with E-state index in [1.807, 2.05) is 37.3 Å². The molecule has 0 saturated carbocycles. The SMILES string of the molecule is COC(=O)C1=C(C)N=c2s/c(=C\c3ccc(C)cc3)c(=O)n2[C@H]1c1cc(Cl)ccc1OC. The Morgan fingerprint density at radius 3 is 2.53 bits per heavy atom. The number of carbonyl (C=O) groups is 1. The molecule has 1 aliphatic heterocycles. The number of carbonyl (C=O) groups excluding carboxylic acids is 1. The first-order valence-corrected chi connectivity index (χ1v) is 11.0. The molecule has 3 aromatic rings. The molecule has 32 heavy (non-hydrogen) atoms. The molecule has 0 saturated heterocycles. The first kappa shape index (κ1) is 22.0. The lowest BCUT2D eigenvalue weighted by atomic mass is 9.95. The van der Waals surface area contributed by atoms with Crippen molar-refractivity contribution in [1.82, 2.24) is 4.57 Å². The predicted molar refractivity (Wildman–Crippen MR) is 125 cm³/mol. The number of allylic oxidation sites excluding steroid dienone is 1. The third-order valence-electron chi connectivity index (χ3n) is 5.29. The summed E-state index contributed by atoms with van der Waals surface area (Å²) in [6.45, 7) is 3.74. The molecule has 1 atom stereocenters.